The summed E-state index contributed by atoms with van der Waals surface area (Å²) >= 11 is 1.99. The molecule has 2 fully saturated rings. The minimum absolute atomic E-state index is 0.139. The van der Waals surface area contributed by atoms with Gasteiger partial charge < -0.3 is 15.4 Å². The van der Waals surface area contributed by atoms with E-state index in [-0.39, 0.29) is 11.5 Å². The summed E-state index contributed by atoms with van der Waals surface area (Å²) in [5, 5.41) is 8.07. The van der Waals surface area contributed by atoms with Crippen LogP contribution in [0.1, 0.15) is 60.1 Å². The van der Waals surface area contributed by atoms with Crippen LogP contribution < -0.4 is 16.2 Å². The standard InChI is InChI=1S/C34H37N5O2S/c1-23(2)6-7-28-19-29-20-36-34(37-30-10-8-26(9-11-30)31-21-35-14-17-42-31)38-32(29)39(33(28)40)22-24-4-3-5-27(18-24)25-12-15-41-16-13-25/h3-5,8-11,18-20,23,25,31,35H,12-17,21-22H2,1-2H3,(H,36,37,38). The third-order valence-corrected chi connectivity index (χ3v) is 9.05. The molecule has 7 nitrogen and oxygen atoms in total. The second kappa shape index (κ2) is 13.1. The van der Waals surface area contributed by atoms with E-state index in [0.717, 1.165) is 61.5 Å². The Kier molecular flexibility index (Phi) is 8.90. The maximum absolute atomic E-state index is 13.8. The van der Waals surface area contributed by atoms with Gasteiger partial charge in [-0.05, 0) is 53.6 Å². The molecule has 4 heterocycles. The second-order valence-corrected chi connectivity index (χ2v) is 12.6. The van der Waals surface area contributed by atoms with Crippen LogP contribution in [0.3, 0.4) is 0 Å². The second-order valence-electron chi connectivity index (χ2n) is 11.3. The number of nitrogens with zero attached hydrogens (tertiary/aromatic N) is 3. The molecule has 0 saturated carbocycles. The lowest BCUT2D eigenvalue weighted by Crippen LogP contribution is -2.28. The Morgan fingerprint density at radius 3 is 2.71 bits per heavy atom. The van der Waals surface area contributed by atoms with E-state index >= 15 is 0 Å². The molecule has 2 N–H and O–H groups in total. The number of hydrogen-bond donors (Lipinski definition) is 2. The van der Waals surface area contributed by atoms with Crippen LogP contribution in [0.15, 0.2) is 65.6 Å². The minimum atomic E-state index is -0.139. The van der Waals surface area contributed by atoms with Gasteiger partial charge in [-0.2, -0.15) is 16.7 Å². The number of aromatic nitrogens is 3. The highest BCUT2D eigenvalue weighted by atomic mass is 32.2. The first-order valence-corrected chi connectivity index (χ1v) is 15.9. The van der Waals surface area contributed by atoms with Gasteiger partial charge in [0.2, 0.25) is 5.95 Å². The molecule has 216 valence electrons. The quantitative estimate of drug-likeness (QED) is 0.277. The highest BCUT2D eigenvalue weighted by Crippen LogP contribution is 2.31. The number of thioether (sulfide) groups is 1. The molecule has 4 aromatic rings. The number of rotatable bonds is 6. The molecule has 0 spiro atoms. The number of pyridine rings is 1. The van der Waals surface area contributed by atoms with E-state index in [0.29, 0.717) is 34.9 Å². The topological polar surface area (TPSA) is 81.1 Å². The van der Waals surface area contributed by atoms with Gasteiger partial charge in [-0.15, -0.1) is 0 Å². The number of hydrogen-bond acceptors (Lipinski definition) is 7. The number of anilines is 2. The number of ether oxygens (including phenoxy) is 1. The monoisotopic (exact) mass is 579 g/mol. The summed E-state index contributed by atoms with van der Waals surface area (Å²) in [6.07, 6.45) is 3.82. The molecule has 2 aromatic carbocycles. The molecule has 1 unspecified atom stereocenters. The fraction of sp³-hybridized carbons (Fsp3) is 0.382. The average molecular weight is 580 g/mol. The summed E-state index contributed by atoms with van der Waals surface area (Å²) < 4.78 is 7.31. The van der Waals surface area contributed by atoms with Crippen LogP contribution >= 0.6 is 11.8 Å². The Hall–Kier alpha value is -3.64. The van der Waals surface area contributed by atoms with Gasteiger partial charge in [-0.1, -0.05) is 62.1 Å². The van der Waals surface area contributed by atoms with Crippen LogP contribution in [-0.4, -0.2) is 46.6 Å². The molecule has 2 aliphatic heterocycles. The lowest BCUT2D eigenvalue weighted by molar-refractivity contribution is 0.0853. The number of benzene rings is 2. The zero-order valence-electron chi connectivity index (χ0n) is 24.2. The van der Waals surface area contributed by atoms with Crippen LogP contribution in [0, 0.1) is 17.8 Å². The van der Waals surface area contributed by atoms with Gasteiger partial charge in [0.25, 0.3) is 5.56 Å². The molecule has 2 aromatic heterocycles. The van der Waals surface area contributed by atoms with Gasteiger partial charge in [-0.25, -0.2) is 4.98 Å². The van der Waals surface area contributed by atoms with Gasteiger partial charge in [0, 0.05) is 60.5 Å². The molecule has 0 radical (unpaired) electrons. The molecule has 42 heavy (non-hydrogen) atoms. The number of fused-ring (bicyclic) bond motifs is 1. The largest absolute Gasteiger partial charge is 0.381 e. The van der Waals surface area contributed by atoms with E-state index in [1.54, 1.807) is 10.8 Å². The molecule has 0 amide bonds. The Morgan fingerprint density at radius 2 is 1.95 bits per heavy atom. The van der Waals surface area contributed by atoms with Crippen LogP contribution in [0.2, 0.25) is 0 Å². The fourth-order valence-corrected chi connectivity index (χ4v) is 6.66. The molecular weight excluding hydrogens is 542 g/mol. The first-order valence-electron chi connectivity index (χ1n) is 14.8. The van der Waals surface area contributed by atoms with E-state index in [1.165, 1.54) is 11.1 Å². The van der Waals surface area contributed by atoms with Crippen LogP contribution in [0.4, 0.5) is 11.6 Å². The molecule has 2 aliphatic rings. The zero-order valence-corrected chi connectivity index (χ0v) is 25.0. The van der Waals surface area contributed by atoms with Crippen LogP contribution in [0.25, 0.3) is 11.0 Å². The van der Waals surface area contributed by atoms with Gasteiger partial charge in [-0.3, -0.25) is 9.36 Å². The van der Waals surface area contributed by atoms with E-state index in [1.807, 2.05) is 31.7 Å². The summed E-state index contributed by atoms with van der Waals surface area (Å²) in [6.45, 7) is 8.09. The van der Waals surface area contributed by atoms with Crippen molar-refractivity contribution in [2.24, 2.45) is 5.92 Å². The van der Waals surface area contributed by atoms with Crippen molar-refractivity contribution >= 4 is 34.4 Å². The summed E-state index contributed by atoms with van der Waals surface area (Å²) in [7, 11) is 0. The molecule has 0 aliphatic carbocycles. The molecule has 6 rings (SSSR count). The molecule has 8 heteroatoms. The lowest BCUT2D eigenvalue weighted by atomic mass is 9.91. The molecule has 2 saturated heterocycles. The summed E-state index contributed by atoms with van der Waals surface area (Å²) in [5.74, 6) is 8.47. The third-order valence-electron chi connectivity index (χ3n) is 7.77. The molecule has 1 atom stereocenters. The van der Waals surface area contributed by atoms with Crippen molar-refractivity contribution in [3.63, 3.8) is 0 Å². The van der Waals surface area contributed by atoms with Gasteiger partial charge in [0.05, 0.1) is 12.1 Å². The lowest BCUT2D eigenvalue weighted by Gasteiger charge is -2.23. The maximum atomic E-state index is 13.8. The van der Waals surface area contributed by atoms with Gasteiger partial charge >= 0.3 is 0 Å². The Morgan fingerprint density at radius 1 is 1.12 bits per heavy atom. The average Bonchev–Trinajstić information content (AvgIpc) is 3.03. The van der Waals surface area contributed by atoms with Crippen molar-refractivity contribution in [2.45, 2.75) is 44.4 Å². The van der Waals surface area contributed by atoms with Crippen LogP contribution in [-0.2, 0) is 11.3 Å². The van der Waals surface area contributed by atoms with Crippen molar-refractivity contribution in [1.29, 1.82) is 0 Å². The molecule has 0 bridgehead atoms. The van der Waals surface area contributed by atoms with Crippen molar-refractivity contribution in [3.05, 3.63) is 93.4 Å². The summed E-state index contributed by atoms with van der Waals surface area (Å²) in [6, 6.07) is 18.8. The first-order chi connectivity index (χ1) is 20.5. The maximum Gasteiger partial charge on any atom is 0.268 e. The van der Waals surface area contributed by atoms with Crippen molar-refractivity contribution in [3.8, 4) is 11.8 Å². The smallest absolute Gasteiger partial charge is 0.268 e. The van der Waals surface area contributed by atoms with Crippen molar-refractivity contribution in [1.82, 2.24) is 19.9 Å². The van der Waals surface area contributed by atoms with Gasteiger partial charge in [0.15, 0.2) is 0 Å². The number of nitrogens with one attached hydrogen (secondary N) is 2. The SMILES string of the molecule is CC(C)C#Cc1cc2cnc(Nc3ccc(C4CNCCS4)cc3)nc2n(Cc2cccc(C3CCOCC3)c2)c1=O. The summed E-state index contributed by atoms with van der Waals surface area (Å²) in [4.78, 5) is 23.2. The Bertz CT molecular complexity index is 1660. The Balaban J connectivity index is 1.33. The zero-order chi connectivity index (χ0) is 28.9. The van der Waals surface area contributed by atoms with E-state index in [4.69, 9.17) is 9.72 Å². The highest BCUT2D eigenvalue weighted by Gasteiger charge is 2.18. The van der Waals surface area contributed by atoms with Crippen LogP contribution in [0.5, 0.6) is 0 Å². The minimum Gasteiger partial charge on any atom is -0.381 e. The van der Waals surface area contributed by atoms with E-state index < -0.39 is 0 Å². The first kappa shape index (κ1) is 28.5. The normalized spacial score (nSPS) is 17.6. The van der Waals surface area contributed by atoms with Crippen molar-refractivity contribution < 1.29 is 4.74 Å². The fourth-order valence-electron chi connectivity index (χ4n) is 5.53. The molecular formula is C34H37N5O2S. The van der Waals surface area contributed by atoms with E-state index in [9.17, 15) is 4.79 Å². The predicted octanol–water partition coefficient (Wildman–Crippen LogP) is 5.86. The highest BCUT2D eigenvalue weighted by molar-refractivity contribution is 7.99. The van der Waals surface area contributed by atoms with Crippen molar-refractivity contribution in [2.75, 3.05) is 37.4 Å². The third kappa shape index (κ3) is 6.70. The summed E-state index contributed by atoms with van der Waals surface area (Å²) in [5.41, 5.74) is 5.49. The Labute approximate surface area is 251 Å². The van der Waals surface area contributed by atoms with E-state index in [2.05, 4.69) is 76.0 Å². The predicted molar refractivity (Wildman–Crippen MR) is 172 cm³/mol. The van der Waals surface area contributed by atoms with Gasteiger partial charge in [0.1, 0.15) is 5.65 Å².